The highest BCUT2D eigenvalue weighted by Crippen LogP contribution is 2.19. The van der Waals surface area contributed by atoms with E-state index in [2.05, 4.69) is 6.92 Å². The Morgan fingerprint density at radius 2 is 2.18 bits per heavy atom. The first-order valence-corrected chi connectivity index (χ1v) is 4.11. The summed E-state index contributed by atoms with van der Waals surface area (Å²) in [5, 5.41) is 0. The van der Waals surface area contributed by atoms with Crippen molar-refractivity contribution >= 4 is 6.16 Å². The molecule has 3 heteroatoms. The summed E-state index contributed by atoms with van der Waals surface area (Å²) in [6.07, 6.45) is 2.55. The van der Waals surface area contributed by atoms with Gasteiger partial charge in [-0.1, -0.05) is 13.3 Å². The van der Waals surface area contributed by atoms with Crippen LogP contribution in [0.2, 0.25) is 0 Å². The van der Waals surface area contributed by atoms with Crippen molar-refractivity contribution in [1.29, 1.82) is 0 Å². The first kappa shape index (κ1) is 8.37. The van der Waals surface area contributed by atoms with Crippen LogP contribution >= 0.6 is 0 Å². The Morgan fingerprint density at radius 3 is 2.64 bits per heavy atom. The molecule has 0 aromatic carbocycles. The third-order valence-corrected chi connectivity index (χ3v) is 1.90. The standard InChI is InChI=1S/C8H14O3/c1-3-4-5-7-6(2)10-8(9)11-7/h6-7H,3-5H2,1-2H3/t6-,7-/m0/s1. The molecule has 3 nitrogen and oxygen atoms in total. The Kier molecular flexibility index (Phi) is 2.74. The Bertz CT molecular complexity index is 144. The van der Waals surface area contributed by atoms with Crippen LogP contribution in [0, 0.1) is 0 Å². The monoisotopic (exact) mass is 158 g/mol. The second kappa shape index (κ2) is 3.60. The predicted molar refractivity (Wildman–Crippen MR) is 40.3 cm³/mol. The summed E-state index contributed by atoms with van der Waals surface area (Å²) in [6.45, 7) is 3.98. The van der Waals surface area contributed by atoms with E-state index in [-0.39, 0.29) is 12.2 Å². The van der Waals surface area contributed by atoms with Crippen LogP contribution in [0.4, 0.5) is 4.79 Å². The molecule has 1 saturated heterocycles. The third-order valence-electron chi connectivity index (χ3n) is 1.90. The van der Waals surface area contributed by atoms with Crippen molar-refractivity contribution in [1.82, 2.24) is 0 Å². The number of hydrogen-bond donors (Lipinski definition) is 0. The first-order valence-electron chi connectivity index (χ1n) is 4.11. The van der Waals surface area contributed by atoms with Crippen molar-refractivity contribution in [2.45, 2.75) is 45.3 Å². The van der Waals surface area contributed by atoms with E-state index in [0.717, 1.165) is 19.3 Å². The van der Waals surface area contributed by atoms with E-state index >= 15 is 0 Å². The number of ether oxygens (including phenoxy) is 2. The maximum Gasteiger partial charge on any atom is 0.509 e. The lowest BCUT2D eigenvalue weighted by molar-refractivity contribution is 0.115. The zero-order valence-electron chi connectivity index (χ0n) is 7.00. The molecule has 0 bridgehead atoms. The highest BCUT2D eigenvalue weighted by Gasteiger charge is 2.31. The summed E-state index contributed by atoms with van der Waals surface area (Å²) in [5.41, 5.74) is 0. The number of carbonyl (C=O) groups is 1. The number of unbranched alkanes of at least 4 members (excludes halogenated alkanes) is 1. The number of carbonyl (C=O) groups excluding carboxylic acids is 1. The van der Waals surface area contributed by atoms with Gasteiger partial charge in [0.2, 0.25) is 0 Å². The van der Waals surface area contributed by atoms with Crippen LogP contribution in [-0.2, 0) is 9.47 Å². The number of hydrogen-bond acceptors (Lipinski definition) is 3. The van der Waals surface area contributed by atoms with Crippen LogP contribution in [0.3, 0.4) is 0 Å². The average Bonchev–Trinajstić information content (AvgIpc) is 2.26. The minimum atomic E-state index is -0.515. The zero-order chi connectivity index (χ0) is 8.27. The van der Waals surface area contributed by atoms with Crippen molar-refractivity contribution in [3.8, 4) is 0 Å². The van der Waals surface area contributed by atoms with Crippen LogP contribution in [-0.4, -0.2) is 18.4 Å². The molecule has 2 atom stereocenters. The fourth-order valence-corrected chi connectivity index (χ4v) is 1.17. The van der Waals surface area contributed by atoms with E-state index in [1.807, 2.05) is 6.92 Å². The fourth-order valence-electron chi connectivity index (χ4n) is 1.17. The molecule has 0 aromatic heterocycles. The fraction of sp³-hybridized carbons (Fsp3) is 0.875. The summed E-state index contributed by atoms with van der Waals surface area (Å²) in [4.78, 5) is 10.6. The largest absolute Gasteiger partial charge is 0.509 e. The molecule has 0 unspecified atom stereocenters. The van der Waals surface area contributed by atoms with Crippen molar-refractivity contribution < 1.29 is 14.3 Å². The predicted octanol–water partition coefficient (Wildman–Crippen LogP) is 2.10. The molecule has 0 spiro atoms. The van der Waals surface area contributed by atoms with Gasteiger partial charge in [0, 0.05) is 0 Å². The minimum Gasteiger partial charge on any atom is -0.427 e. The van der Waals surface area contributed by atoms with Gasteiger partial charge < -0.3 is 9.47 Å². The summed E-state index contributed by atoms with van der Waals surface area (Å²) in [5.74, 6) is 0. The van der Waals surface area contributed by atoms with Crippen LogP contribution in [0.5, 0.6) is 0 Å². The van der Waals surface area contributed by atoms with Crippen molar-refractivity contribution in [3.05, 3.63) is 0 Å². The quantitative estimate of drug-likeness (QED) is 0.590. The molecule has 1 aliphatic heterocycles. The highest BCUT2D eigenvalue weighted by molar-refractivity contribution is 5.62. The SMILES string of the molecule is CCCC[C@@H]1OC(=O)O[C@H]1C. The van der Waals surface area contributed by atoms with E-state index in [1.54, 1.807) is 0 Å². The van der Waals surface area contributed by atoms with Gasteiger partial charge in [-0.3, -0.25) is 0 Å². The molecule has 0 saturated carbocycles. The maximum atomic E-state index is 10.6. The van der Waals surface area contributed by atoms with E-state index < -0.39 is 6.16 Å². The second-order valence-electron chi connectivity index (χ2n) is 2.87. The van der Waals surface area contributed by atoms with Crippen LogP contribution in [0.1, 0.15) is 33.1 Å². The molecule has 1 rings (SSSR count). The average molecular weight is 158 g/mol. The molecule has 1 heterocycles. The molecule has 1 aliphatic rings. The van der Waals surface area contributed by atoms with Gasteiger partial charge in [0.05, 0.1) is 0 Å². The van der Waals surface area contributed by atoms with E-state index in [0.29, 0.717) is 0 Å². The molecule has 0 aliphatic carbocycles. The number of rotatable bonds is 3. The summed E-state index contributed by atoms with van der Waals surface area (Å²) in [7, 11) is 0. The smallest absolute Gasteiger partial charge is 0.427 e. The molecule has 0 N–H and O–H groups in total. The van der Waals surface area contributed by atoms with Gasteiger partial charge in [0.25, 0.3) is 0 Å². The first-order chi connectivity index (χ1) is 5.24. The third kappa shape index (κ3) is 2.10. The topological polar surface area (TPSA) is 35.5 Å². The van der Waals surface area contributed by atoms with Gasteiger partial charge >= 0.3 is 6.16 Å². The van der Waals surface area contributed by atoms with Crippen LogP contribution in [0.15, 0.2) is 0 Å². The summed E-state index contributed by atoms with van der Waals surface area (Å²) >= 11 is 0. The molecule has 11 heavy (non-hydrogen) atoms. The summed E-state index contributed by atoms with van der Waals surface area (Å²) < 4.78 is 9.72. The Labute approximate surface area is 66.7 Å². The van der Waals surface area contributed by atoms with Crippen molar-refractivity contribution in [2.24, 2.45) is 0 Å². The van der Waals surface area contributed by atoms with Gasteiger partial charge in [0.1, 0.15) is 12.2 Å². The highest BCUT2D eigenvalue weighted by atomic mass is 16.8. The van der Waals surface area contributed by atoms with E-state index in [4.69, 9.17) is 9.47 Å². The number of cyclic esters (lactones) is 2. The van der Waals surface area contributed by atoms with Crippen LogP contribution in [0.25, 0.3) is 0 Å². The molecular formula is C8H14O3. The Hall–Kier alpha value is -0.730. The molecule has 0 amide bonds. The van der Waals surface area contributed by atoms with Gasteiger partial charge in [0.15, 0.2) is 0 Å². The lowest BCUT2D eigenvalue weighted by atomic mass is 10.1. The van der Waals surface area contributed by atoms with Gasteiger partial charge in [-0.2, -0.15) is 0 Å². The van der Waals surface area contributed by atoms with Crippen molar-refractivity contribution in [3.63, 3.8) is 0 Å². The van der Waals surface area contributed by atoms with Gasteiger partial charge in [-0.05, 0) is 19.8 Å². The summed E-state index contributed by atoms with van der Waals surface area (Å²) in [6, 6.07) is 0. The molecular weight excluding hydrogens is 144 g/mol. The normalized spacial score (nSPS) is 29.8. The van der Waals surface area contributed by atoms with Gasteiger partial charge in [-0.25, -0.2) is 4.79 Å². The van der Waals surface area contributed by atoms with E-state index in [9.17, 15) is 4.79 Å². The molecule has 0 aromatic rings. The lowest BCUT2D eigenvalue weighted by Gasteiger charge is -2.08. The molecule has 64 valence electrons. The van der Waals surface area contributed by atoms with Gasteiger partial charge in [-0.15, -0.1) is 0 Å². The second-order valence-corrected chi connectivity index (χ2v) is 2.87. The molecule has 0 radical (unpaired) electrons. The van der Waals surface area contributed by atoms with Crippen molar-refractivity contribution in [2.75, 3.05) is 0 Å². The lowest BCUT2D eigenvalue weighted by Crippen LogP contribution is -2.18. The Morgan fingerprint density at radius 1 is 1.45 bits per heavy atom. The minimum absolute atomic E-state index is 0.0116. The molecule has 1 fully saturated rings. The maximum absolute atomic E-state index is 10.6. The Balaban J connectivity index is 2.28. The van der Waals surface area contributed by atoms with E-state index in [1.165, 1.54) is 0 Å². The zero-order valence-corrected chi connectivity index (χ0v) is 7.00. The van der Waals surface area contributed by atoms with Crippen LogP contribution < -0.4 is 0 Å².